The highest BCUT2D eigenvalue weighted by molar-refractivity contribution is 5.25. The first-order chi connectivity index (χ1) is 10.1. The first kappa shape index (κ1) is 15.6. The van der Waals surface area contributed by atoms with Gasteiger partial charge in [-0.2, -0.15) is 0 Å². The normalized spacial score (nSPS) is 11.1. The van der Waals surface area contributed by atoms with Crippen molar-refractivity contribution in [2.24, 2.45) is 5.92 Å². The summed E-state index contributed by atoms with van der Waals surface area (Å²) in [7, 11) is 0. The van der Waals surface area contributed by atoms with Gasteiger partial charge < -0.3 is 14.5 Å². The van der Waals surface area contributed by atoms with Crippen LogP contribution in [0.2, 0.25) is 0 Å². The molecule has 0 unspecified atom stereocenters. The molecule has 0 saturated heterocycles. The van der Waals surface area contributed by atoms with Crippen molar-refractivity contribution < 1.29 is 13.5 Å². The first-order valence-electron chi connectivity index (χ1n) is 7.22. The number of halogens is 1. The first-order valence-corrected chi connectivity index (χ1v) is 7.22. The highest BCUT2D eigenvalue weighted by atomic mass is 19.1. The van der Waals surface area contributed by atoms with E-state index in [0.717, 1.165) is 24.4 Å². The van der Waals surface area contributed by atoms with E-state index in [-0.39, 0.29) is 18.2 Å². The van der Waals surface area contributed by atoms with Gasteiger partial charge in [0.15, 0.2) is 11.6 Å². The van der Waals surface area contributed by atoms with Gasteiger partial charge in [0.1, 0.15) is 18.1 Å². The van der Waals surface area contributed by atoms with Crippen molar-refractivity contribution in [2.45, 2.75) is 33.9 Å². The van der Waals surface area contributed by atoms with Gasteiger partial charge >= 0.3 is 0 Å². The summed E-state index contributed by atoms with van der Waals surface area (Å²) in [6.07, 6.45) is 0. The summed E-state index contributed by atoms with van der Waals surface area (Å²) >= 11 is 0. The predicted molar refractivity (Wildman–Crippen MR) is 80.7 cm³/mol. The summed E-state index contributed by atoms with van der Waals surface area (Å²) in [4.78, 5) is 0. The quantitative estimate of drug-likeness (QED) is 0.835. The molecule has 0 atom stereocenters. The van der Waals surface area contributed by atoms with Crippen LogP contribution in [0.15, 0.2) is 34.7 Å². The third kappa shape index (κ3) is 4.60. The second kappa shape index (κ2) is 7.27. The lowest BCUT2D eigenvalue weighted by molar-refractivity contribution is 0.256. The van der Waals surface area contributed by atoms with Crippen molar-refractivity contribution in [3.8, 4) is 5.75 Å². The van der Waals surface area contributed by atoms with E-state index in [1.165, 1.54) is 6.07 Å². The zero-order valence-electron chi connectivity index (χ0n) is 12.8. The Morgan fingerprint density at radius 2 is 2.05 bits per heavy atom. The molecule has 114 valence electrons. The van der Waals surface area contributed by atoms with Gasteiger partial charge in [-0.25, -0.2) is 4.39 Å². The third-order valence-corrected chi connectivity index (χ3v) is 3.15. The van der Waals surface area contributed by atoms with Crippen LogP contribution in [0.5, 0.6) is 5.75 Å². The second-order valence-corrected chi connectivity index (χ2v) is 5.54. The Balaban J connectivity index is 1.91. The summed E-state index contributed by atoms with van der Waals surface area (Å²) < 4.78 is 24.5. The molecule has 1 heterocycles. The van der Waals surface area contributed by atoms with Crippen molar-refractivity contribution in [3.05, 3.63) is 53.2 Å². The summed E-state index contributed by atoms with van der Waals surface area (Å²) in [5.74, 6) is 2.07. The Hall–Kier alpha value is -1.81. The van der Waals surface area contributed by atoms with Crippen LogP contribution >= 0.6 is 0 Å². The van der Waals surface area contributed by atoms with Crippen LogP contribution in [0.1, 0.15) is 30.9 Å². The minimum atomic E-state index is -0.361. The molecular formula is C17H22FNO2. The molecule has 0 aliphatic rings. The van der Waals surface area contributed by atoms with Crippen LogP contribution < -0.4 is 10.1 Å². The average Bonchev–Trinajstić information content (AvgIpc) is 2.78. The molecular weight excluding hydrogens is 269 g/mol. The largest absolute Gasteiger partial charge is 0.483 e. The Kier molecular flexibility index (Phi) is 5.39. The van der Waals surface area contributed by atoms with Crippen LogP contribution in [0, 0.1) is 18.7 Å². The zero-order chi connectivity index (χ0) is 15.2. The highest BCUT2D eigenvalue weighted by Crippen LogP contribution is 2.20. The van der Waals surface area contributed by atoms with Crippen molar-refractivity contribution in [2.75, 3.05) is 6.54 Å². The number of aryl methyl sites for hydroxylation is 1. The molecule has 1 N–H and O–H groups in total. The van der Waals surface area contributed by atoms with E-state index in [4.69, 9.17) is 9.15 Å². The molecule has 0 saturated carbocycles. The molecule has 2 rings (SSSR count). The van der Waals surface area contributed by atoms with Crippen LogP contribution in [-0.4, -0.2) is 6.54 Å². The van der Waals surface area contributed by atoms with Crippen molar-refractivity contribution in [1.82, 2.24) is 5.32 Å². The van der Waals surface area contributed by atoms with Gasteiger partial charge in [0.2, 0.25) is 0 Å². The van der Waals surface area contributed by atoms with E-state index in [1.54, 1.807) is 18.2 Å². The maximum Gasteiger partial charge on any atom is 0.165 e. The molecule has 1 aromatic heterocycles. The summed E-state index contributed by atoms with van der Waals surface area (Å²) in [6, 6.07) is 8.33. The minimum absolute atomic E-state index is 0.228. The Morgan fingerprint density at radius 1 is 1.29 bits per heavy atom. The van der Waals surface area contributed by atoms with E-state index < -0.39 is 0 Å². The fourth-order valence-corrected chi connectivity index (χ4v) is 2.04. The van der Waals surface area contributed by atoms with Gasteiger partial charge in [-0.3, -0.25) is 0 Å². The van der Waals surface area contributed by atoms with Crippen LogP contribution in [0.25, 0.3) is 0 Å². The Bertz CT molecular complexity index is 578. The molecule has 0 fully saturated rings. The van der Waals surface area contributed by atoms with E-state index in [9.17, 15) is 4.39 Å². The Labute approximate surface area is 125 Å². The molecule has 1 aromatic carbocycles. The second-order valence-electron chi connectivity index (χ2n) is 5.54. The van der Waals surface area contributed by atoms with Crippen molar-refractivity contribution in [3.63, 3.8) is 0 Å². The minimum Gasteiger partial charge on any atom is -0.483 e. The summed E-state index contributed by atoms with van der Waals surface area (Å²) in [6.45, 7) is 8.23. The number of ether oxygens (including phenoxy) is 1. The van der Waals surface area contributed by atoms with Crippen LogP contribution in [0.3, 0.4) is 0 Å². The molecule has 4 heteroatoms. The third-order valence-electron chi connectivity index (χ3n) is 3.15. The molecule has 0 radical (unpaired) electrons. The molecule has 0 amide bonds. The molecule has 2 aromatic rings. The average molecular weight is 291 g/mol. The van der Waals surface area contributed by atoms with Gasteiger partial charge in [0, 0.05) is 12.1 Å². The van der Waals surface area contributed by atoms with E-state index in [1.807, 2.05) is 13.0 Å². The lowest BCUT2D eigenvalue weighted by atomic mass is 10.2. The molecule has 21 heavy (non-hydrogen) atoms. The van der Waals surface area contributed by atoms with E-state index in [2.05, 4.69) is 19.2 Å². The van der Waals surface area contributed by atoms with Crippen molar-refractivity contribution >= 4 is 0 Å². The fraction of sp³-hybridized carbons (Fsp3) is 0.412. The number of rotatable bonds is 7. The predicted octanol–water partition coefficient (Wildman–Crippen LogP) is 4.05. The monoisotopic (exact) mass is 291 g/mol. The highest BCUT2D eigenvalue weighted by Gasteiger charge is 2.09. The lowest BCUT2D eigenvalue weighted by Crippen LogP contribution is -2.18. The lowest BCUT2D eigenvalue weighted by Gasteiger charge is -2.05. The van der Waals surface area contributed by atoms with Crippen LogP contribution in [-0.2, 0) is 13.2 Å². The standard InChI is InChI=1S/C17H22FNO2/c1-12(2)9-19-10-14-8-15(21-13(14)3)11-20-17-7-5-4-6-16(17)18/h4-8,12,19H,9-11H2,1-3H3. The smallest absolute Gasteiger partial charge is 0.165 e. The number of furan rings is 1. The van der Waals surface area contributed by atoms with Gasteiger partial charge in [0.05, 0.1) is 0 Å². The van der Waals surface area contributed by atoms with E-state index >= 15 is 0 Å². The molecule has 3 nitrogen and oxygen atoms in total. The Morgan fingerprint density at radius 3 is 2.76 bits per heavy atom. The number of hydrogen-bond acceptors (Lipinski definition) is 3. The van der Waals surface area contributed by atoms with Crippen LogP contribution in [0.4, 0.5) is 4.39 Å². The SMILES string of the molecule is Cc1oc(COc2ccccc2F)cc1CNCC(C)C. The number of hydrogen-bond donors (Lipinski definition) is 1. The van der Waals surface area contributed by atoms with Gasteiger partial charge in [0.25, 0.3) is 0 Å². The molecule has 0 aliphatic carbocycles. The molecule has 0 spiro atoms. The van der Waals surface area contributed by atoms with Gasteiger partial charge in [-0.15, -0.1) is 0 Å². The number of nitrogens with one attached hydrogen (secondary N) is 1. The molecule has 0 bridgehead atoms. The number of para-hydroxylation sites is 1. The summed E-state index contributed by atoms with van der Waals surface area (Å²) in [5.41, 5.74) is 1.11. The van der Waals surface area contributed by atoms with Gasteiger partial charge in [-0.05, 0) is 37.6 Å². The fourth-order valence-electron chi connectivity index (χ4n) is 2.04. The zero-order valence-corrected chi connectivity index (χ0v) is 12.8. The maximum atomic E-state index is 13.5. The van der Waals surface area contributed by atoms with Gasteiger partial charge in [-0.1, -0.05) is 26.0 Å². The molecule has 0 aliphatic heterocycles. The topological polar surface area (TPSA) is 34.4 Å². The number of benzene rings is 1. The van der Waals surface area contributed by atoms with E-state index in [0.29, 0.717) is 11.7 Å². The maximum absolute atomic E-state index is 13.5. The summed E-state index contributed by atoms with van der Waals surface area (Å²) in [5, 5.41) is 3.38. The van der Waals surface area contributed by atoms with Crippen molar-refractivity contribution in [1.29, 1.82) is 0 Å².